The zero-order valence-electron chi connectivity index (χ0n) is 6.52. The van der Waals surface area contributed by atoms with E-state index in [1.54, 1.807) is 0 Å². The number of amides is 2. The van der Waals surface area contributed by atoms with Gasteiger partial charge in [0.2, 0.25) is 0 Å². The smallest absolute Gasteiger partial charge is 0.276 e. The number of hydroxylamine groups is 1. The molecule has 0 aromatic carbocycles. The number of aromatic nitrogens is 1. The molecule has 1 aromatic heterocycles. The minimum atomic E-state index is -0.691. The second kappa shape index (κ2) is 3.63. The van der Waals surface area contributed by atoms with Crippen LogP contribution in [-0.4, -0.2) is 22.0 Å². The standard InChI is InChI=1S/C7H7N3O3/c8-6(11)5-2-1-4(3-9-5)7(12)10-13/h1-3,13H,(H2,8,11)(H,10,12). The summed E-state index contributed by atoms with van der Waals surface area (Å²) in [5, 5.41) is 8.25. The van der Waals surface area contributed by atoms with E-state index in [4.69, 9.17) is 10.9 Å². The molecule has 2 amide bonds. The van der Waals surface area contributed by atoms with E-state index in [9.17, 15) is 9.59 Å². The Morgan fingerprint density at radius 2 is 2.15 bits per heavy atom. The van der Waals surface area contributed by atoms with Crippen LogP contribution in [0.5, 0.6) is 0 Å². The third-order valence-electron chi connectivity index (χ3n) is 1.38. The molecule has 0 bridgehead atoms. The molecule has 13 heavy (non-hydrogen) atoms. The molecule has 0 saturated carbocycles. The van der Waals surface area contributed by atoms with Crippen molar-refractivity contribution in [3.8, 4) is 0 Å². The van der Waals surface area contributed by atoms with Gasteiger partial charge in [0.05, 0.1) is 5.56 Å². The van der Waals surface area contributed by atoms with E-state index in [0.717, 1.165) is 6.20 Å². The molecule has 0 aliphatic heterocycles. The normalized spacial score (nSPS) is 9.31. The molecular formula is C7H7N3O3. The first-order valence-electron chi connectivity index (χ1n) is 3.35. The maximum Gasteiger partial charge on any atom is 0.276 e. The lowest BCUT2D eigenvalue weighted by atomic mass is 10.2. The van der Waals surface area contributed by atoms with Crippen molar-refractivity contribution < 1.29 is 14.8 Å². The van der Waals surface area contributed by atoms with Crippen molar-refractivity contribution in [3.05, 3.63) is 29.6 Å². The summed E-state index contributed by atoms with van der Waals surface area (Å²) in [6, 6.07) is 2.63. The second-order valence-corrected chi connectivity index (χ2v) is 2.24. The monoisotopic (exact) mass is 181 g/mol. The van der Waals surface area contributed by atoms with Crippen molar-refractivity contribution in [2.75, 3.05) is 0 Å². The molecule has 0 spiro atoms. The van der Waals surface area contributed by atoms with Gasteiger partial charge in [0.25, 0.3) is 11.8 Å². The Balaban J connectivity index is 2.93. The third-order valence-corrected chi connectivity index (χ3v) is 1.38. The fourth-order valence-electron chi connectivity index (χ4n) is 0.738. The zero-order valence-corrected chi connectivity index (χ0v) is 6.52. The number of hydrogen-bond donors (Lipinski definition) is 3. The topological polar surface area (TPSA) is 105 Å². The molecular weight excluding hydrogens is 174 g/mol. The lowest BCUT2D eigenvalue weighted by Gasteiger charge is -1.98. The van der Waals surface area contributed by atoms with Gasteiger partial charge in [-0.25, -0.2) is 5.48 Å². The van der Waals surface area contributed by atoms with Gasteiger partial charge in [0.15, 0.2) is 0 Å². The molecule has 4 N–H and O–H groups in total. The summed E-state index contributed by atoms with van der Waals surface area (Å²) in [5.41, 5.74) is 6.57. The van der Waals surface area contributed by atoms with Crippen LogP contribution >= 0.6 is 0 Å². The summed E-state index contributed by atoms with van der Waals surface area (Å²) >= 11 is 0. The highest BCUT2D eigenvalue weighted by atomic mass is 16.5. The Kier molecular flexibility index (Phi) is 2.56. The maximum atomic E-state index is 10.8. The van der Waals surface area contributed by atoms with Crippen LogP contribution in [0.1, 0.15) is 20.8 Å². The SMILES string of the molecule is NC(=O)c1ccc(C(=O)NO)cn1. The van der Waals surface area contributed by atoms with Crippen molar-refractivity contribution in [1.82, 2.24) is 10.5 Å². The van der Waals surface area contributed by atoms with Crippen molar-refractivity contribution >= 4 is 11.8 Å². The van der Waals surface area contributed by atoms with Crippen LogP contribution in [0.25, 0.3) is 0 Å². The van der Waals surface area contributed by atoms with Gasteiger partial charge in [-0.1, -0.05) is 0 Å². The number of pyridine rings is 1. The first-order valence-corrected chi connectivity index (χ1v) is 3.35. The van der Waals surface area contributed by atoms with Crippen LogP contribution in [0, 0.1) is 0 Å². The lowest BCUT2D eigenvalue weighted by molar-refractivity contribution is 0.0705. The molecule has 0 saturated heterocycles. The highest BCUT2D eigenvalue weighted by molar-refractivity contribution is 5.95. The number of carbonyl (C=O) groups is 2. The predicted octanol–water partition coefficient (Wildman–Crippen LogP) is -0.701. The van der Waals surface area contributed by atoms with Crippen molar-refractivity contribution in [2.24, 2.45) is 5.73 Å². The fourth-order valence-corrected chi connectivity index (χ4v) is 0.738. The number of nitrogens with zero attached hydrogens (tertiary/aromatic N) is 1. The van der Waals surface area contributed by atoms with E-state index in [1.165, 1.54) is 17.6 Å². The van der Waals surface area contributed by atoms with Gasteiger partial charge in [-0.2, -0.15) is 0 Å². The summed E-state index contributed by atoms with van der Waals surface area (Å²) in [7, 11) is 0. The number of nitrogens with two attached hydrogens (primary N) is 1. The minimum Gasteiger partial charge on any atom is -0.364 e. The molecule has 0 aliphatic rings. The van der Waals surface area contributed by atoms with Crippen LogP contribution in [0.2, 0.25) is 0 Å². The second-order valence-electron chi connectivity index (χ2n) is 2.24. The number of nitrogens with one attached hydrogen (secondary N) is 1. The molecule has 0 unspecified atom stereocenters. The highest BCUT2D eigenvalue weighted by Crippen LogP contribution is 1.98. The molecule has 0 radical (unpaired) electrons. The predicted molar refractivity (Wildman–Crippen MR) is 42.0 cm³/mol. The molecule has 0 atom stereocenters. The van der Waals surface area contributed by atoms with Gasteiger partial charge in [0, 0.05) is 6.20 Å². The molecule has 68 valence electrons. The Morgan fingerprint density at radius 3 is 2.54 bits per heavy atom. The molecule has 1 aromatic rings. The van der Waals surface area contributed by atoms with Crippen LogP contribution in [0.15, 0.2) is 18.3 Å². The number of primary amides is 1. The van der Waals surface area contributed by atoms with Gasteiger partial charge >= 0.3 is 0 Å². The van der Waals surface area contributed by atoms with Crippen molar-refractivity contribution in [3.63, 3.8) is 0 Å². The molecule has 0 aliphatic carbocycles. The Labute approximate surface area is 73.3 Å². The summed E-state index contributed by atoms with van der Waals surface area (Å²) in [6.45, 7) is 0. The molecule has 6 nitrogen and oxygen atoms in total. The first-order chi connectivity index (χ1) is 6.15. The van der Waals surface area contributed by atoms with Gasteiger partial charge in [-0.15, -0.1) is 0 Å². The van der Waals surface area contributed by atoms with E-state index in [1.807, 2.05) is 0 Å². The largest absolute Gasteiger partial charge is 0.364 e. The average Bonchev–Trinajstić information content (AvgIpc) is 2.17. The molecule has 6 heteroatoms. The van der Waals surface area contributed by atoms with E-state index < -0.39 is 11.8 Å². The summed E-state index contributed by atoms with van der Waals surface area (Å²) in [4.78, 5) is 24.9. The quantitative estimate of drug-likeness (QED) is 0.414. The van der Waals surface area contributed by atoms with Crippen LogP contribution in [0.3, 0.4) is 0 Å². The van der Waals surface area contributed by atoms with E-state index in [2.05, 4.69) is 4.98 Å². The van der Waals surface area contributed by atoms with Gasteiger partial charge in [0.1, 0.15) is 5.69 Å². The van der Waals surface area contributed by atoms with Crippen LogP contribution in [0.4, 0.5) is 0 Å². The van der Waals surface area contributed by atoms with Crippen LogP contribution in [-0.2, 0) is 0 Å². The Hall–Kier alpha value is -1.95. The minimum absolute atomic E-state index is 0.0643. The van der Waals surface area contributed by atoms with Gasteiger partial charge < -0.3 is 5.73 Å². The molecule has 0 fully saturated rings. The van der Waals surface area contributed by atoms with Gasteiger partial charge in [-0.05, 0) is 12.1 Å². The highest BCUT2D eigenvalue weighted by Gasteiger charge is 2.06. The van der Waals surface area contributed by atoms with E-state index in [0.29, 0.717) is 0 Å². The summed E-state index contributed by atoms with van der Waals surface area (Å²) < 4.78 is 0. The lowest BCUT2D eigenvalue weighted by Crippen LogP contribution is -2.19. The number of rotatable bonds is 2. The zero-order chi connectivity index (χ0) is 9.84. The molecule has 1 rings (SSSR count). The number of hydrogen-bond acceptors (Lipinski definition) is 4. The average molecular weight is 181 g/mol. The summed E-state index contributed by atoms with van der Waals surface area (Å²) in [5.74, 6) is -1.36. The van der Waals surface area contributed by atoms with Crippen molar-refractivity contribution in [1.29, 1.82) is 0 Å². The Morgan fingerprint density at radius 1 is 1.46 bits per heavy atom. The van der Waals surface area contributed by atoms with E-state index >= 15 is 0 Å². The van der Waals surface area contributed by atoms with Crippen LogP contribution < -0.4 is 11.2 Å². The fraction of sp³-hybridized carbons (Fsp3) is 0. The molecule has 1 heterocycles. The maximum absolute atomic E-state index is 10.8. The van der Waals surface area contributed by atoms with Gasteiger partial charge in [-0.3, -0.25) is 19.8 Å². The summed E-state index contributed by atoms with van der Waals surface area (Å²) in [6.07, 6.45) is 1.14. The third kappa shape index (κ3) is 2.00. The Bertz CT molecular complexity index is 333. The van der Waals surface area contributed by atoms with Crippen molar-refractivity contribution in [2.45, 2.75) is 0 Å². The first kappa shape index (κ1) is 9.14. The number of carbonyl (C=O) groups excluding carboxylic acids is 2. The van der Waals surface area contributed by atoms with E-state index in [-0.39, 0.29) is 11.3 Å².